The molecule has 0 heterocycles. The van der Waals surface area contributed by atoms with E-state index in [9.17, 15) is 9.59 Å². The molecule has 0 unspecified atom stereocenters. The highest BCUT2D eigenvalue weighted by atomic mass is 16.4. The molecule has 100 valence electrons. The van der Waals surface area contributed by atoms with Crippen molar-refractivity contribution in [2.24, 2.45) is 16.7 Å². The number of carboxylic acids is 1. The molecule has 0 radical (unpaired) electrons. The molecule has 0 saturated heterocycles. The largest absolute Gasteiger partial charge is 0.480 e. The molecule has 2 N–H and O–H groups in total. The summed E-state index contributed by atoms with van der Waals surface area (Å²) < 4.78 is 0. The van der Waals surface area contributed by atoms with Crippen LogP contribution < -0.4 is 5.32 Å². The van der Waals surface area contributed by atoms with Crippen molar-refractivity contribution in [3.05, 3.63) is 0 Å². The molecule has 0 rings (SSSR count). The van der Waals surface area contributed by atoms with Crippen LogP contribution in [0.4, 0.5) is 0 Å². The molecule has 0 saturated carbocycles. The SMILES string of the molecule is CC(C)CC(C)(C)CNC(=O)C(C)(C)C(=O)O. The Bertz CT molecular complexity index is 293. The molecule has 0 aliphatic heterocycles. The van der Waals surface area contributed by atoms with Crippen LogP contribution in [-0.4, -0.2) is 23.5 Å². The van der Waals surface area contributed by atoms with Crippen LogP contribution in [0.25, 0.3) is 0 Å². The lowest BCUT2D eigenvalue weighted by molar-refractivity contribution is -0.153. The summed E-state index contributed by atoms with van der Waals surface area (Å²) in [4.78, 5) is 22.7. The Balaban J connectivity index is 4.39. The maximum absolute atomic E-state index is 11.7. The molecule has 0 atom stereocenters. The van der Waals surface area contributed by atoms with Crippen LogP contribution in [0.15, 0.2) is 0 Å². The molecule has 17 heavy (non-hydrogen) atoms. The van der Waals surface area contributed by atoms with Gasteiger partial charge in [-0.05, 0) is 31.6 Å². The van der Waals surface area contributed by atoms with Gasteiger partial charge in [-0.15, -0.1) is 0 Å². The van der Waals surface area contributed by atoms with Crippen molar-refractivity contribution >= 4 is 11.9 Å². The van der Waals surface area contributed by atoms with Gasteiger partial charge in [0.1, 0.15) is 5.41 Å². The second-order valence-corrected chi connectivity index (χ2v) is 6.38. The molecule has 0 bridgehead atoms. The summed E-state index contributed by atoms with van der Waals surface area (Å²) in [5.74, 6) is -0.979. The van der Waals surface area contributed by atoms with Gasteiger partial charge in [0.25, 0.3) is 0 Å². The summed E-state index contributed by atoms with van der Waals surface area (Å²) in [5, 5.41) is 11.7. The molecule has 0 aliphatic carbocycles. The number of nitrogens with one attached hydrogen (secondary N) is 1. The fraction of sp³-hybridized carbons (Fsp3) is 0.846. The first-order chi connectivity index (χ1) is 7.49. The maximum atomic E-state index is 11.7. The molecule has 0 fully saturated rings. The highest BCUT2D eigenvalue weighted by Crippen LogP contribution is 2.25. The van der Waals surface area contributed by atoms with E-state index in [1.165, 1.54) is 13.8 Å². The van der Waals surface area contributed by atoms with E-state index in [0.717, 1.165) is 6.42 Å². The van der Waals surface area contributed by atoms with Crippen molar-refractivity contribution in [3.8, 4) is 0 Å². The summed E-state index contributed by atoms with van der Waals surface area (Å²) >= 11 is 0. The summed E-state index contributed by atoms with van der Waals surface area (Å²) in [6.45, 7) is 11.7. The number of aliphatic carboxylic acids is 1. The fourth-order valence-corrected chi connectivity index (χ4v) is 1.81. The average Bonchev–Trinajstić information content (AvgIpc) is 2.11. The first-order valence-corrected chi connectivity index (χ1v) is 6.01. The molecule has 0 aromatic rings. The van der Waals surface area contributed by atoms with Gasteiger partial charge in [-0.2, -0.15) is 0 Å². The van der Waals surface area contributed by atoms with Crippen molar-refractivity contribution in [2.75, 3.05) is 6.54 Å². The van der Waals surface area contributed by atoms with E-state index >= 15 is 0 Å². The third-order valence-electron chi connectivity index (χ3n) is 2.79. The summed E-state index contributed by atoms with van der Waals surface area (Å²) in [7, 11) is 0. The van der Waals surface area contributed by atoms with Crippen LogP contribution in [0.3, 0.4) is 0 Å². The summed E-state index contributed by atoms with van der Waals surface area (Å²) in [6.07, 6.45) is 0.987. The number of hydrogen-bond donors (Lipinski definition) is 2. The zero-order chi connectivity index (χ0) is 13.9. The van der Waals surface area contributed by atoms with Crippen LogP contribution >= 0.6 is 0 Å². The number of carboxylic acid groups (broad SMARTS) is 1. The lowest BCUT2D eigenvalue weighted by atomic mass is 9.83. The van der Waals surface area contributed by atoms with Gasteiger partial charge < -0.3 is 10.4 Å². The number of amides is 1. The van der Waals surface area contributed by atoms with Crippen molar-refractivity contribution in [2.45, 2.75) is 48.0 Å². The van der Waals surface area contributed by atoms with E-state index in [1.807, 2.05) is 0 Å². The normalized spacial score (nSPS) is 12.6. The highest BCUT2D eigenvalue weighted by Gasteiger charge is 2.36. The van der Waals surface area contributed by atoms with Crippen molar-refractivity contribution in [1.29, 1.82) is 0 Å². The van der Waals surface area contributed by atoms with Gasteiger partial charge in [0.15, 0.2) is 0 Å². The molecule has 0 aromatic carbocycles. The zero-order valence-electron chi connectivity index (χ0n) is 11.8. The lowest BCUT2D eigenvalue weighted by Gasteiger charge is -2.28. The van der Waals surface area contributed by atoms with E-state index in [-0.39, 0.29) is 5.41 Å². The third kappa shape index (κ3) is 5.20. The Morgan fingerprint density at radius 1 is 1.18 bits per heavy atom. The van der Waals surface area contributed by atoms with Crippen LogP contribution in [0.5, 0.6) is 0 Å². The minimum Gasteiger partial charge on any atom is -0.480 e. The van der Waals surface area contributed by atoms with E-state index in [0.29, 0.717) is 12.5 Å². The predicted octanol–water partition coefficient (Wildman–Crippen LogP) is 2.29. The van der Waals surface area contributed by atoms with E-state index in [4.69, 9.17) is 5.11 Å². The lowest BCUT2D eigenvalue weighted by Crippen LogP contribution is -2.45. The van der Waals surface area contributed by atoms with Crippen molar-refractivity contribution in [3.63, 3.8) is 0 Å². The van der Waals surface area contributed by atoms with E-state index in [1.54, 1.807) is 0 Å². The monoisotopic (exact) mass is 243 g/mol. The van der Waals surface area contributed by atoms with Gasteiger partial charge in [-0.1, -0.05) is 27.7 Å². The van der Waals surface area contributed by atoms with E-state index < -0.39 is 17.3 Å². The van der Waals surface area contributed by atoms with Gasteiger partial charge in [0.2, 0.25) is 5.91 Å². The van der Waals surface area contributed by atoms with Gasteiger partial charge in [0.05, 0.1) is 0 Å². The van der Waals surface area contributed by atoms with Gasteiger partial charge in [0, 0.05) is 6.54 Å². The maximum Gasteiger partial charge on any atom is 0.318 e. The zero-order valence-corrected chi connectivity index (χ0v) is 11.8. The predicted molar refractivity (Wildman–Crippen MR) is 67.7 cm³/mol. The first kappa shape index (κ1) is 15.9. The quantitative estimate of drug-likeness (QED) is 0.703. The van der Waals surface area contributed by atoms with Crippen LogP contribution in [0, 0.1) is 16.7 Å². The summed E-state index contributed by atoms with van der Waals surface area (Å²) in [5.41, 5.74) is -1.38. The molecule has 4 nitrogen and oxygen atoms in total. The first-order valence-electron chi connectivity index (χ1n) is 6.01. The Kier molecular flexibility index (Phi) is 5.17. The fourth-order valence-electron chi connectivity index (χ4n) is 1.81. The minimum absolute atomic E-state index is 0.0155. The van der Waals surface area contributed by atoms with Crippen LogP contribution in [0.2, 0.25) is 0 Å². The second kappa shape index (κ2) is 5.52. The third-order valence-corrected chi connectivity index (χ3v) is 2.79. The highest BCUT2D eigenvalue weighted by molar-refractivity contribution is 6.00. The van der Waals surface area contributed by atoms with Gasteiger partial charge in [-0.3, -0.25) is 9.59 Å². The minimum atomic E-state index is -1.37. The molecule has 0 aromatic heterocycles. The summed E-state index contributed by atoms with van der Waals surface area (Å²) in [6, 6.07) is 0. The smallest absolute Gasteiger partial charge is 0.318 e. The van der Waals surface area contributed by atoms with E-state index in [2.05, 4.69) is 33.0 Å². The van der Waals surface area contributed by atoms with Gasteiger partial charge >= 0.3 is 5.97 Å². The molecular formula is C13H25NO3. The Labute approximate surface area is 104 Å². The Hall–Kier alpha value is -1.06. The number of carbonyl (C=O) groups is 2. The molecule has 0 aliphatic rings. The second-order valence-electron chi connectivity index (χ2n) is 6.38. The topological polar surface area (TPSA) is 66.4 Å². The standard InChI is InChI=1S/C13H25NO3/c1-9(2)7-12(3,4)8-14-10(15)13(5,6)11(16)17/h9H,7-8H2,1-6H3,(H,14,15)(H,16,17). The molecule has 4 heteroatoms. The average molecular weight is 243 g/mol. The number of carbonyl (C=O) groups excluding carboxylic acids is 1. The Morgan fingerprint density at radius 2 is 1.65 bits per heavy atom. The van der Waals surface area contributed by atoms with Crippen LogP contribution in [0.1, 0.15) is 48.0 Å². The number of rotatable bonds is 6. The molecular weight excluding hydrogens is 218 g/mol. The van der Waals surface area contributed by atoms with Crippen molar-refractivity contribution < 1.29 is 14.7 Å². The Morgan fingerprint density at radius 3 is 2.00 bits per heavy atom. The molecule has 0 spiro atoms. The molecule has 1 amide bonds. The van der Waals surface area contributed by atoms with Gasteiger partial charge in [-0.25, -0.2) is 0 Å². The van der Waals surface area contributed by atoms with Crippen LogP contribution in [-0.2, 0) is 9.59 Å². The van der Waals surface area contributed by atoms with Crippen molar-refractivity contribution in [1.82, 2.24) is 5.32 Å². The number of hydrogen-bond acceptors (Lipinski definition) is 2.